The van der Waals surface area contributed by atoms with Crippen molar-refractivity contribution in [3.8, 4) is 28.1 Å². The summed E-state index contributed by atoms with van der Waals surface area (Å²) >= 11 is 1.37. The molecular weight excluding hydrogens is 1360 g/mol. The smallest absolute Gasteiger partial charge is 0.407 e. The first-order valence-electron chi connectivity index (χ1n) is 35.4. The molecule has 104 heavy (non-hydrogen) atoms. The van der Waals surface area contributed by atoms with Gasteiger partial charge in [0.1, 0.15) is 30.7 Å². The SMILES string of the molecule is Cc1c(-c2ccc(-c3cnc4cccc(C(=O)Nc5nc6ccccc6s5)c4c3)nc2C(=O)O)cnn1CC12CC3(C)CC(C)(C1)CC(OCCNC(=O)OCc1cc(CCCOCCOCCOCCNC(=O)CCCCCN4C(=O)C=CC4=O)ccc1O[C@@H]1C[C@H](C(=O)O)[C@H](O)[C@H](O)[C@@H]1O)(C3)C2. The molecule has 8 N–H and O–H groups in total. The van der Waals surface area contributed by atoms with Crippen molar-refractivity contribution in [2.45, 2.75) is 147 Å². The number of aliphatic hydroxyl groups is 3. The third-order valence-corrected chi connectivity index (χ3v) is 21.5. The number of aryl methyl sites for hydroxylation is 1. The van der Waals surface area contributed by atoms with Crippen molar-refractivity contribution >= 4 is 79.2 Å². The van der Waals surface area contributed by atoms with Crippen molar-refractivity contribution in [3.05, 3.63) is 131 Å². The number of thiazole rings is 1. The highest BCUT2D eigenvalue weighted by atomic mass is 32.1. The van der Waals surface area contributed by atoms with Crippen molar-refractivity contribution < 1.29 is 87.5 Å². The fourth-order valence-electron chi connectivity index (χ4n) is 16.9. The Kier molecular flexibility index (Phi) is 23.3. The van der Waals surface area contributed by atoms with E-state index in [0.29, 0.717) is 147 Å². The third-order valence-electron chi connectivity index (χ3n) is 20.5. The fraction of sp³-hybridized carbons (Fsp3) is 0.487. The van der Waals surface area contributed by atoms with Gasteiger partial charge in [-0.3, -0.25) is 43.9 Å². The molecule has 13 rings (SSSR count). The Labute approximate surface area is 604 Å². The second-order valence-corrected chi connectivity index (χ2v) is 30.0. The number of aromatic nitrogens is 5. The molecular formula is C76H89N9O18S. The van der Waals surface area contributed by atoms with Crippen LogP contribution < -0.4 is 20.7 Å². The maximum absolute atomic E-state index is 13.8. The minimum absolute atomic E-state index is 0.0415. The average Bonchev–Trinajstić information content (AvgIpc) is 0.806. The molecule has 5 saturated carbocycles. The molecule has 0 spiro atoms. The van der Waals surface area contributed by atoms with Crippen LogP contribution in [0.5, 0.6) is 5.75 Å². The summed E-state index contributed by atoms with van der Waals surface area (Å²) in [5, 5.41) is 67.1. The van der Waals surface area contributed by atoms with Gasteiger partial charge >= 0.3 is 18.0 Å². The number of alkyl carbamates (subject to hydrolysis) is 1. The van der Waals surface area contributed by atoms with Gasteiger partial charge in [-0.15, -0.1) is 0 Å². The first-order valence-corrected chi connectivity index (χ1v) is 36.3. The van der Waals surface area contributed by atoms with Gasteiger partial charge in [0, 0.05) is 103 Å². The molecule has 3 aromatic carbocycles. The van der Waals surface area contributed by atoms with E-state index in [1.807, 2.05) is 35.9 Å². The number of nitrogens with zero attached hydrogens (tertiary/aromatic N) is 6. The third kappa shape index (κ3) is 17.6. The molecule has 27 nitrogen and oxygen atoms in total. The molecule has 28 heteroatoms. The number of anilines is 1. The molecule has 6 aliphatic rings. The molecule has 5 aliphatic carbocycles. The summed E-state index contributed by atoms with van der Waals surface area (Å²) < 4.78 is 38.9. The topological polar surface area (TPSA) is 372 Å². The zero-order valence-electron chi connectivity index (χ0n) is 58.5. The molecule has 5 amide bonds. The molecule has 7 aromatic rings. The number of para-hydroxylation sites is 1. The number of carboxylic acids is 2. The number of carbonyl (C=O) groups excluding carboxylic acids is 5. The normalized spacial score (nSPS) is 24.0. The van der Waals surface area contributed by atoms with Crippen LogP contribution in [0.25, 0.3) is 43.5 Å². The van der Waals surface area contributed by atoms with E-state index in [0.717, 1.165) is 60.0 Å². The Hall–Kier alpha value is -9.13. The first-order chi connectivity index (χ1) is 50.0. The second kappa shape index (κ2) is 32.5. The van der Waals surface area contributed by atoms with E-state index in [1.165, 1.54) is 28.4 Å². The molecule has 0 radical (unpaired) electrons. The number of benzene rings is 3. The number of pyridine rings is 2. The molecule has 5 heterocycles. The van der Waals surface area contributed by atoms with Crippen LogP contribution in [-0.2, 0) is 62.4 Å². The highest BCUT2D eigenvalue weighted by Gasteiger charge is 2.66. The quantitative estimate of drug-likeness (QED) is 0.0136. The highest BCUT2D eigenvalue weighted by Crippen LogP contribution is 2.72. The molecule has 4 bridgehead atoms. The minimum Gasteiger partial charge on any atom is -0.487 e. The van der Waals surface area contributed by atoms with Gasteiger partial charge in [-0.1, -0.05) is 55.9 Å². The lowest BCUT2D eigenvalue weighted by molar-refractivity contribution is -0.247. The van der Waals surface area contributed by atoms with Crippen molar-refractivity contribution in [3.63, 3.8) is 0 Å². The predicted octanol–water partition coefficient (Wildman–Crippen LogP) is 8.61. The number of ether oxygens (including phenoxy) is 6. The maximum atomic E-state index is 13.8. The summed E-state index contributed by atoms with van der Waals surface area (Å²) in [4.78, 5) is 103. The van der Waals surface area contributed by atoms with Gasteiger partial charge in [-0.25, -0.2) is 19.6 Å². The average molecular weight is 1450 g/mol. The standard InChI is InChI=1S/C76H89N9O18S/c1-46-54(50-18-19-55(81-64(50)70(95)96)48-34-52-51(12-9-14-56(52)79-36-48)68(92)83-71-82-57-13-6-7-15-60(57)104-71)37-80-85(46)45-75-40-73(2)39-74(3,41-75)43-76(42-73,44-75)102-28-24-78-72(97)101-38-49-33-47(17-20-58(49)103-59-35-53(69(93)94)65(89)67(91)66(59)90)11-10-26-98-29-31-100-32-30-99-27-23-77-61(86)16-5-4-8-25-84-62(87)21-22-63(84)88/h6-7,9,12-15,17-22,33-34,36-37,53,59,65-67,89-91H,4-5,8,10-11,16,23-32,35,38-45H2,1-3H3,(H,77,86)(H,78,97)(H,93,94)(H,95,96)(H,82,83,92)/t53-,59+,65-,66+,67-,73?,74?,75?,76?/m0/s1. The number of aliphatic hydroxyl groups excluding tert-OH is 3. The van der Waals surface area contributed by atoms with Crippen LogP contribution in [0.15, 0.2) is 103 Å². The highest BCUT2D eigenvalue weighted by molar-refractivity contribution is 7.22. The van der Waals surface area contributed by atoms with E-state index in [2.05, 4.69) is 39.8 Å². The van der Waals surface area contributed by atoms with Crippen LogP contribution in [0, 0.1) is 29.1 Å². The summed E-state index contributed by atoms with van der Waals surface area (Å²) in [5.41, 5.74) is 4.80. The number of hydrogen-bond acceptors (Lipinski definition) is 21. The Bertz CT molecular complexity index is 4300. The second-order valence-electron chi connectivity index (χ2n) is 29.0. The number of rotatable bonds is 35. The maximum Gasteiger partial charge on any atom is 0.407 e. The van der Waals surface area contributed by atoms with Crippen LogP contribution >= 0.6 is 11.3 Å². The number of amides is 5. The predicted molar refractivity (Wildman–Crippen MR) is 381 cm³/mol. The van der Waals surface area contributed by atoms with E-state index in [9.17, 15) is 59.1 Å². The first kappa shape index (κ1) is 74.6. The molecule has 2 unspecified atom stereocenters. The van der Waals surface area contributed by atoms with Gasteiger partial charge in [0.2, 0.25) is 5.91 Å². The lowest BCUT2D eigenvalue weighted by atomic mass is 9.39. The van der Waals surface area contributed by atoms with Gasteiger partial charge in [-0.05, 0) is 148 Å². The van der Waals surface area contributed by atoms with Crippen molar-refractivity contribution in [1.82, 2.24) is 40.3 Å². The largest absolute Gasteiger partial charge is 0.487 e. The van der Waals surface area contributed by atoms with Crippen molar-refractivity contribution in [2.24, 2.45) is 22.2 Å². The number of carboxylic acid groups (broad SMARTS) is 2. The monoisotopic (exact) mass is 1450 g/mol. The van der Waals surface area contributed by atoms with E-state index in [1.54, 1.807) is 67.0 Å². The summed E-state index contributed by atoms with van der Waals surface area (Å²) in [7, 11) is 0. The van der Waals surface area contributed by atoms with Crippen LogP contribution in [0.2, 0.25) is 0 Å². The zero-order valence-corrected chi connectivity index (χ0v) is 59.3. The molecule has 7 atom stereocenters. The molecule has 552 valence electrons. The molecule has 1 aliphatic heterocycles. The van der Waals surface area contributed by atoms with E-state index in [4.69, 9.17) is 38.5 Å². The minimum atomic E-state index is -1.79. The Balaban J connectivity index is 0.615. The van der Waals surface area contributed by atoms with Crippen molar-refractivity contribution in [1.29, 1.82) is 0 Å². The van der Waals surface area contributed by atoms with Crippen molar-refractivity contribution in [2.75, 3.05) is 71.2 Å². The number of imide groups is 1. The number of unbranched alkanes of at least 4 members (excludes halogenated alkanes) is 2. The summed E-state index contributed by atoms with van der Waals surface area (Å²) in [6.45, 7) is 10.0. The zero-order chi connectivity index (χ0) is 73.3. The molecule has 5 fully saturated rings. The number of aromatic carboxylic acids is 1. The number of hydrogen-bond donors (Lipinski definition) is 8. The molecule has 4 aromatic heterocycles. The van der Waals surface area contributed by atoms with E-state index in [-0.39, 0.29) is 77.5 Å². The van der Waals surface area contributed by atoms with Gasteiger partial charge in [0.15, 0.2) is 10.8 Å². The number of fused-ring (bicyclic) bond motifs is 2. The molecule has 0 saturated heterocycles. The lowest BCUT2D eigenvalue weighted by Gasteiger charge is -2.69. The van der Waals surface area contributed by atoms with E-state index < -0.39 is 54.0 Å². The lowest BCUT2D eigenvalue weighted by Crippen LogP contribution is -2.64. The van der Waals surface area contributed by atoms with Gasteiger partial charge in [0.05, 0.1) is 84.9 Å². The van der Waals surface area contributed by atoms with E-state index >= 15 is 0 Å². The van der Waals surface area contributed by atoms with Crippen LogP contribution in [0.4, 0.5) is 9.93 Å². The fourth-order valence-corrected chi connectivity index (χ4v) is 17.8. The Morgan fingerprint density at radius 1 is 0.702 bits per heavy atom. The Morgan fingerprint density at radius 2 is 1.43 bits per heavy atom. The Morgan fingerprint density at radius 3 is 2.18 bits per heavy atom. The van der Waals surface area contributed by atoms with Crippen LogP contribution in [0.1, 0.15) is 129 Å². The number of carbonyl (C=O) groups is 7. The van der Waals surface area contributed by atoms with Gasteiger partial charge < -0.3 is 64.6 Å². The number of aliphatic carboxylic acids is 1. The van der Waals surface area contributed by atoms with Crippen LogP contribution in [0.3, 0.4) is 0 Å². The van der Waals surface area contributed by atoms with Gasteiger partial charge in [0.25, 0.3) is 17.7 Å². The van der Waals surface area contributed by atoms with Gasteiger partial charge in [-0.2, -0.15) is 5.10 Å². The summed E-state index contributed by atoms with van der Waals surface area (Å²) in [6, 6.07) is 23.4. The summed E-state index contributed by atoms with van der Waals surface area (Å²) in [6.07, 6.45) is 7.36. The number of nitrogens with one attached hydrogen (secondary N) is 3. The van der Waals surface area contributed by atoms with Crippen LogP contribution in [-0.4, -0.2) is 193 Å². The summed E-state index contributed by atoms with van der Waals surface area (Å²) in [5.74, 6) is -4.86.